The van der Waals surface area contributed by atoms with Gasteiger partial charge < -0.3 is 26.4 Å². The molecule has 0 rings (SSSR count). The highest BCUT2D eigenvalue weighted by molar-refractivity contribution is 5.64. The Balaban J connectivity index is 4.28. The molecule has 6 heteroatoms. The predicted molar refractivity (Wildman–Crippen MR) is 64.4 cm³/mol. The normalized spacial score (nSPS) is 11.4. The molecule has 0 aromatic carbocycles. The highest BCUT2D eigenvalue weighted by Crippen LogP contribution is 2.19. The molecule has 0 heterocycles. The Kier molecular flexibility index (Phi) is 7.88. The Morgan fingerprint density at radius 3 is 1.88 bits per heavy atom. The molecule has 0 saturated heterocycles. The topological polar surface area (TPSA) is 88.4 Å². The molecule has 0 fully saturated rings. The predicted octanol–water partition coefficient (Wildman–Crippen LogP) is -0.884. The smallest absolute Gasteiger partial charge is 0.404 e. The summed E-state index contributed by atoms with van der Waals surface area (Å²) in [7, 11) is 5.74. The number of hydrogen-bond acceptors (Lipinski definition) is 5. The van der Waals surface area contributed by atoms with Crippen LogP contribution in [-0.4, -0.2) is 53.5 Å². The Morgan fingerprint density at radius 2 is 1.56 bits per heavy atom. The van der Waals surface area contributed by atoms with Crippen molar-refractivity contribution in [3.05, 3.63) is 0 Å². The maximum atomic E-state index is 10.5. The van der Waals surface area contributed by atoms with E-state index in [2.05, 4.69) is 16.0 Å². The third-order valence-electron chi connectivity index (χ3n) is 2.53. The van der Waals surface area contributed by atoms with Crippen LogP contribution in [0.3, 0.4) is 0 Å². The molecular weight excluding hydrogens is 208 g/mol. The van der Waals surface area contributed by atoms with Crippen molar-refractivity contribution in [2.24, 2.45) is 11.1 Å². The van der Waals surface area contributed by atoms with Crippen LogP contribution < -0.4 is 21.7 Å². The summed E-state index contributed by atoms with van der Waals surface area (Å²) in [4.78, 5) is 10.5. The summed E-state index contributed by atoms with van der Waals surface area (Å²) in [5, 5.41) is 9.49. The van der Waals surface area contributed by atoms with Crippen molar-refractivity contribution in [2.75, 3.05) is 47.4 Å². The zero-order chi connectivity index (χ0) is 12.4. The van der Waals surface area contributed by atoms with Crippen molar-refractivity contribution in [1.82, 2.24) is 16.0 Å². The van der Waals surface area contributed by atoms with Gasteiger partial charge in [0.2, 0.25) is 0 Å². The van der Waals surface area contributed by atoms with Crippen LogP contribution in [0.15, 0.2) is 0 Å². The van der Waals surface area contributed by atoms with Crippen LogP contribution in [0.25, 0.3) is 0 Å². The first kappa shape index (κ1) is 15.2. The number of amides is 1. The van der Waals surface area contributed by atoms with Crippen molar-refractivity contribution in [3.63, 3.8) is 0 Å². The molecule has 0 unspecified atom stereocenters. The molecule has 0 aliphatic rings. The third-order valence-corrected chi connectivity index (χ3v) is 2.53. The number of nitrogens with two attached hydrogens (primary N) is 1. The van der Waals surface area contributed by atoms with E-state index < -0.39 is 6.09 Å². The monoisotopic (exact) mass is 232 g/mol. The molecule has 1 amide bonds. The molecule has 0 aliphatic carbocycles. The minimum atomic E-state index is -0.715. The van der Waals surface area contributed by atoms with Crippen LogP contribution in [0.1, 0.15) is 6.42 Å². The minimum absolute atomic E-state index is 0.0215. The second-order valence-electron chi connectivity index (χ2n) is 4.01. The van der Waals surface area contributed by atoms with E-state index in [9.17, 15) is 4.79 Å². The lowest BCUT2D eigenvalue weighted by Crippen LogP contribution is -2.47. The van der Waals surface area contributed by atoms with Crippen LogP contribution in [0.4, 0.5) is 4.79 Å². The molecule has 0 aromatic heterocycles. The van der Waals surface area contributed by atoms with Gasteiger partial charge >= 0.3 is 6.09 Å². The first-order valence-corrected chi connectivity index (χ1v) is 5.46. The van der Waals surface area contributed by atoms with Crippen molar-refractivity contribution in [3.8, 4) is 0 Å². The average molecular weight is 232 g/mol. The largest absolute Gasteiger partial charge is 0.450 e. The number of nitrogens with one attached hydrogen (secondary N) is 3. The third kappa shape index (κ3) is 5.89. The van der Waals surface area contributed by atoms with Crippen LogP contribution in [-0.2, 0) is 4.74 Å². The Morgan fingerprint density at radius 1 is 1.12 bits per heavy atom. The second-order valence-corrected chi connectivity index (χ2v) is 4.01. The Hall–Kier alpha value is -0.850. The molecule has 16 heavy (non-hydrogen) atoms. The van der Waals surface area contributed by atoms with Crippen LogP contribution in [0, 0.1) is 5.41 Å². The summed E-state index contributed by atoms with van der Waals surface area (Å²) >= 11 is 0. The van der Waals surface area contributed by atoms with Crippen LogP contribution in [0.2, 0.25) is 0 Å². The minimum Gasteiger partial charge on any atom is -0.450 e. The first-order valence-electron chi connectivity index (χ1n) is 5.46. The van der Waals surface area contributed by atoms with E-state index in [1.807, 2.05) is 21.1 Å². The summed E-state index contributed by atoms with van der Waals surface area (Å²) in [6.07, 6.45) is 0.0469. The number of primary amides is 1. The molecule has 5 N–H and O–H groups in total. The molecule has 6 nitrogen and oxygen atoms in total. The first-order chi connectivity index (χ1) is 7.60. The van der Waals surface area contributed by atoms with Gasteiger partial charge in [-0.25, -0.2) is 4.79 Å². The molecular formula is C10H24N4O2. The van der Waals surface area contributed by atoms with Gasteiger partial charge in [-0.2, -0.15) is 0 Å². The maximum absolute atomic E-state index is 10.5. The molecule has 96 valence electrons. The number of carbonyl (C=O) groups excluding carboxylic acids is 1. The standard InChI is InChI=1S/C10H24N4O2/c1-12-6-10(7-13-2,8-14-3)4-5-16-9(11)15/h12-14H,4-8H2,1-3H3,(H2,11,15). The fraction of sp³-hybridized carbons (Fsp3) is 0.900. The summed E-state index contributed by atoms with van der Waals surface area (Å²) < 4.78 is 4.79. The molecule has 0 spiro atoms. The van der Waals surface area contributed by atoms with Crippen molar-refractivity contribution < 1.29 is 9.53 Å². The van der Waals surface area contributed by atoms with Gasteiger partial charge in [0.05, 0.1) is 6.61 Å². The van der Waals surface area contributed by atoms with Gasteiger partial charge in [-0.1, -0.05) is 0 Å². The molecule has 0 bridgehead atoms. The van der Waals surface area contributed by atoms with Crippen molar-refractivity contribution in [2.45, 2.75) is 6.42 Å². The fourth-order valence-corrected chi connectivity index (χ4v) is 1.95. The van der Waals surface area contributed by atoms with E-state index in [0.29, 0.717) is 6.61 Å². The van der Waals surface area contributed by atoms with Gasteiger partial charge in [0.15, 0.2) is 0 Å². The van der Waals surface area contributed by atoms with Gasteiger partial charge in [0.1, 0.15) is 0 Å². The molecule has 0 radical (unpaired) electrons. The lowest BCUT2D eigenvalue weighted by atomic mass is 9.84. The van der Waals surface area contributed by atoms with Gasteiger partial charge in [-0.3, -0.25) is 0 Å². The van der Waals surface area contributed by atoms with E-state index in [4.69, 9.17) is 10.5 Å². The SMILES string of the molecule is CNCC(CCOC(N)=O)(CNC)CNC. The van der Waals surface area contributed by atoms with Gasteiger partial charge in [0.25, 0.3) is 0 Å². The summed E-state index contributed by atoms with van der Waals surface area (Å²) in [5.41, 5.74) is 4.96. The highest BCUT2D eigenvalue weighted by atomic mass is 16.5. The van der Waals surface area contributed by atoms with Crippen LogP contribution in [0.5, 0.6) is 0 Å². The van der Waals surface area contributed by atoms with E-state index in [1.165, 1.54) is 0 Å². The zero-order valence-electron chi connectivity index (χ0n) is 10.4. The summed E-state index contributed by atoms with van der Waals surface area (Å²) in [6, 6.07) is 0. The number of carbonyl (C=O) groups is 1. The fourth-order valence-electron chi connectivity index (χ4n) is 1.95. The Labute approximate surface area is 97.3 Å². The van der Waals surface area contributed by atoms with Crippen molar-refractivity contribution >= 4 is 6.09 Å². The second kappa shape index (κ2) is 8.32. The number of rotatable bonds is 9. The highest BCUT2D eigenvalue weighted by Gasteiger charge is 2.28. The summed E-state index contributed by atoms with van der Waals surface area (Å²) in [5.74, 6) is 0. The van der Waals surface area contributed by atoms with E-state index >= 15 is 0 Å². The van der Waals surface area contributed by atoms with E-state index in [-0.39, 0.29) is 5.41 Å². The quantitative estimate of drug-likeness (QED) is 0.414. The molecule has 0 aliphatic heterocycles. The lowest BCUT2D eigenvalue weighted by molar-refractivity contribution is 0.126. The maximum Gasteiger partial charge on any atom is 0.404 e. The van der Waals surface area contributed by atoms with Gasteiger partial charge in [-0.05, 0) is 27.6 Å². The Bertz CT molecular complexity index is 182. The zero-order valence-corrected chi connectivity index (χ0v) is 10.4. The molecule has 0 saturated carbocycles. The number of ether oxygens (including phenoxy) is 1. The summed E-state index contributed by atoms with van der Waals surface area (Å²) in [6.45, 7) is 2.88. The molecule has 0 atom stereocenters. The average Bonchev–Trinajstić information content (AvgIpc) is 2.18. The van der Waals surface area contributed by atoms with Gasteiger partial charge in [0, 0.05) is 25.0 Å². The van der Waals surface area contributed by atoms with E-state index in [1.54, 1.807) is 0 Å². The van der Waals surface area contributed by atoms with E-state index in [0.717, 1.165) is 26.1 Å². The number of hydrogen-bond donors (Lipinski definition) is 4. The van der Waals surface area contributed by atoms with Gasteiger partial charge in [-0.15, -0.1) is 0 Å². The lowest BCUT2D eigenvalue weighted by Gasteiger charge is -2.33. The van der Waals surface area contributed by atoms with Crippen LogP contribution >= 0.6 is 0 Å². The van der Waals surface area contributed by atoms with Crippen molar-refractivity contribution in [1.29, 1.82) is 0 Å². The molecule has 0 aromatic rings.